The van der Waals surface area contributed by atoms with Crippen LogP contribution in [0.25, 0.3) is 11.3 Å². The van der Waals surface area contributed by atoms with Crippen LogP contribution in [0.3, 0.4) is 0 Å². The van der Waals surface area contributed by atoms with Gasteiger partial charge in [-0.05, 0) is 0 Å². The number of anilines is 1. The molecule has 0 saturated carbocycles. The summed E-state index contributed by atoms with van der Waals surface area (Å²) in [6.07, 6.45) is -0.251. The molecule has 1 fully saturated rings. The molecule has 1 aliphatic rings. The summed E-state index contributed by atoms with van der Waals surface area (Å²) in [5.74, 6) is 0. The molecule has 1 aliphatic heterocycles. The van der Waals surface area contributed by atoms with Gasteiger partial charge in [0.05, 0.1) is 12.8 Å². The first-order chi connectivity index (χ1) is 10.3. The number of hydrogen-bond donors (Lipinski definition) is 0. The van der Waals surface area contributed by atoms with Gasteiger partial charge < -0.3 is 14.5 Å². The fraction of sp³-hybridized carbons (Fsp3) is 0.333. The molecule has 1 saturated heterocycles. The van der Waals surface area contributed by atoms with E-state index in [1.807, 2.05) is 18.2 Å². The predicted octanol–water partition coefficient (Wildman–Crippen LogP) is 2.70. The summed E-state index contributed by atoms with van der Waals surface area (Å²) in [6.45, 7) is 2.92. The molecular weight excluding hydrogens is 286 g/mol. The third kappa shape index (κ3) is 3.00. The van der Waals surface area contributed by atoms with Crippen molar-refractivity contribution >= 4 is 22.6 Å². The smallest absolute Gasteiger partial charge is 0.409 e. The van der Waals surface area contributed by atoms with E-state index in [1.165, 1.54) is 7.11 Å². The van der Waals surface area contributed by atoms with Crippen LogP contribution in [0.15, 0.2) is 35.7 Å². The highest BCUT2D eigenvalue weighted by Crippen LogP contribution is 2.27. The van der Waals surface area contributed by atoms with Gasteiger partial charge in [0.1, 0.15) is 0 Å². The highest BCUT2D eigenvalue weighted by molar-refractivity contribution is 7.14. The zero-order chi connectivity index (χ0) is 14.7. The molecule has 3 rings (SSSR count). The van der Waals surface area contributed by atoms with Gasteiger partial charge in [0, 0.05) is 37.1 Å². The van der Waals surface area contributed by atoms with Crippen molar-refractivity contribution < 1.29 is 9.53 Å². The molecule has 21 heavy (non-hydrogen) atoms. The number of aromatic nitrogens is 1. The molecule has 6 heteroatoms. The van der Waals surface area contributed by atoms with Crippen molar-refractivity contribution in [2.75, 3.05) is 38.2 Å². The van der Waals surface area contributed by atoms with E-state index in [0.29, 0.717) is 13.1 Å². The van der Waals surface area contributed by atoms with Gasteiger partial charge in [-0.15, -0.1) is 11.3 Å². The fourth-order valence-corrected chi connectivity index (χ4v) is 3.25. The zero-order valence-electron chi connectivity index (χ0n) is 11.9. The van der Waals surface area contributed by atoms with Crippen molar-refractivity contribution in [3.05, 3.63) is 35.7 Å². The predicted molar refractivity (Wildman–Crippen MR) is 83.7 cm³/mol. The van der Waals surface area contributed by atoms with E-state index < -0.39 is 0 Å². The van der Waals surface area contributed by atoms with Crippen molar-refractivity contribution in [3.8, 4) is 11.3 Å². The molecule has 0 N–H and O–H groups in total. The van der Waals surface area contributed by atoms with Crippen LogP contribution in [0, 0.1) is 0 Å². The minimum Gasteiger partial charge on any atom is -0.453 e. The third-order valence-electron chi connectivity index (χ3n) is 3.54. The maximum absolute atomic E-state index is 11.5. The van der Waals surface area contributed by atoms with Crippen molar-refractivity contribution in [3.63, 3.8) is 0 Å². The Morgan fingerprint density at radius 2 is 1.90 bits per heavy atom. The summed E-state index contributed by atoms with van der Waals surface area (Å²) in [6, 6.07) is 10.2. The number of methoxy groups -OCH3 is 1. The largest absolute Gasteiger partial charge is 0.453 e. The van der Waals surface area contributed by atoms with Crippen molar-refractivity contribution in [2.24, 2.45) is 0 Å². The zero-order valence-corrected chi connectivity index (χ0v) is 12.7. The summed E-state index contributed by atoms with van der Waals surface area (Å²) in [5.41, 5.74) is 2.14. The van der Waals surface area contributed by atoms with Gasteiger partial charge in [0.2, 0.25) is 0 Å². The Morgan fingerprint density at radius 3 is 2.57 bits per heavy atom. The number of piperazine rings is 1. The van der Waals surface area contributed by atoms with Crippen LogP contribution in [0.1, 0.15) is 0 Å². The standard InChI is InChI=1S/C15H17N3O2S/c1-20-15(19)18-9-7-17(8-10-18)14-16-13(11-21-14)12-5-3-2-4-6-12/h2-6,11H,7-10H2,1H3. The first-order valence-corrected chi connectivity index (χ1v) is 7.74. The van der Waals surface area contributed by atoms with Crippen molar-refractivity contribution in [2.45, 2.75) is 0 Å². The van der Waals surface area contributed by atoms with Crippen molar-refractivity contribution in [1.29, 1.82) is 0 Å². The van der Waals surface area contributed by atoms with Gasteiger partial charge >= 0.3 is 6.09 Å². The van der Waals surface area contributed by atoms with Crippen LogP contribution in [0.5, 0.6) is 0 Å². The molecular formula is C15H17N3O2S. The van der Waals surface area contributed by atoms with Gasteiger partial charge in [-0.3, -0.25) is 0 Å². The SMILES string of the molecule is COC(=O)N1CCN(c2nc(-c3ccccc3)cs2)CC1. The van der Waals surface area contributed by atoms with E-state index in [9.17, 15) is 4.79 Å². The van der Waals surface area contributed by atoms with E-state index >= 15 is 0 Å². The van der Waals surface area contributed by atoms with E-state index in [1.54, 1.807) is 16.2 Å². The molecule has 0 bridgehead atoms. The van der Waals surface area contributed by atoms with Crippen LogP contribution in [0.2, 0.25) is 0 Å². The molecule has 1 aromatic heterocycles. The summed E-state index contributed by atoms with van der Waals surface area (Å²) in [5, 5.41) is 3.09. The maximum Gasteiger partial charge on any atom is 0.409 e. The first kappa shape index (κ1) is 13.9. The minimum absolute atomic E-state index is 0.251. The van der Waals surface area contributed by atoms with Gasteiger partial charge in [-0.25, -0.2) is 9.78 Å². The summed E-state index contributed by atoms with van der Waals surface area (Å²) in [7, 11) is 1.42. The lowest BCUT2D eigenvalue weighted by atomic mass is 10.2. The Labute approximate surface area is 127 Å². The highest BCUT2D eigenvalue weighted by atomic mass is 32.1. The molecule has 1 amide bonds. The third-order valence-corrected chi connectivity index (χ3v) is 4.45. The van der Waals surface area contributed by atoms with E-state index in [4.69, 9.17) is 9.72 Å². The molecule has 110 valence electrons. The number of thiazole rings is 1. The van der Waals surface area contributed by atoms with Crippen LogP contribution >= 0.6 is 11.3 Å². The monoisotopic (exact) mass is 303 g/mol. The second-order valence-corrected chi connectivity index (χ2v) is 5.66. The van der Waals surface area contributed by atoms with Gasteiger partial charge in [0.25, 0.3) is 0 Å². The van der Waals surface area contributed by atoms with Crippen LogP contribution < -0.4 is 4.90 Å². The van der Waals surface area contributed by atoms with E-state index in [-0.39, 0.29) is 6.09 Å². The Hall–Kier alpha value is -2.08. The average Bonchev–Trinajstić information content (AvgIpc) is 3.05. The molecule has 0 atom stereocenters. The first-order valence-electron chi connectivity index (χ1n) is 6.87. The Kier molecular flexibility index (Phi) is 4.06. The number of carbonyl (C=O) groups excluding carboxylic acids is 1. The summed E-state index contributed by atoms with van der Waals surface area (Å²) in [4.78, 5) is 20.1. The van der Waals surface area contributed by atoms with Crippen LogP contribution in [-0.4, -0.2) is 49.3 Å². The second-order valence-electron chi connectivity index (χ2n) is 4.83. The van der Waals surface area contributed by atoms with E-state index in [0.717, 1.165) is 29.5 Å². The van der Waals surface area contributed by atoms with Crippen molar-refractivity contribution in [1.82, 2.24) is 9.88 Å². The Balaban J connectivity index is 1.67. The quantitative estimate of drug-likeness (QED) is 0.856. The number of carbonyl (C=O) groups is 1. The highest BCUT2D eigenvalue weighted by Gasteiger charge is 2.23. The topological polar surface area (TPSA) is 45.7 Å². The van der Waals surface area contributed by atoms with Gasteiger partial charge in [-0.2, -0.15) is 0 Å². The lowest BCUT2D eigenvalue weighted by Gasteiger charge is -2.33. The minimum atomic E-state index is -0.251. The molecule has 2 heterocycles. The molecule has 0 spiro atoms. The van der Waals surface area contributed by atoms with E-state index in [2.05, 4.69) is 22.4 Å². The fourth-order valence-electron chi connectivity index (χ4n) is 2.36. The second kappa shape index (κ2) is 6.13. The van der Waals surface area contributed by atoms with Crippen LogP contribution in [-0.2, 0) is 4.74 Å². The number of ether oxygens (including phenoxy) is 1. The van der Waals surface area contributed by atoms with Gasteiger partial charge in [0.15, 0.2) is 5.13 Å². The summed E-state index contributed by atoms with van der Waals surface area (Å²) >= 11 is 1.65. The molecule has 5 nitrogen and oxygen atoms in total. The number of amides is 1. The molecule has 0 radical (unpaired) electrons. The average molecular weight is 303 g/mol. The normalized spacial score (nSPS) is 15.1. The van der Waals surface area contributed by atoms with Crippen LogP contribution in [0.4, 0.5) is 9.93 Å². The molecule has 0 unspecified atom stereocenters. The number of hydrogen-bond acceptors (Lipinski definition) is 5. The number of rotatable bonds is 2. The molecule has 0 aliphatic carbocycles. The summed E-state index contributed by atoms with van der Waals surface area (Å²) < 4.78 is 4.75. The molecule has 2 aromatic rings. The van der Waals surface area contributed by atoms with Gasteiger partial charge in [-0.1, -0.05) is 30.3 Å². The lowest BCUT2D eigenvalue weighted by Crippen LogP contribution is -2.48. The number of benzene rings is 1. The maximum atomic E-state index is 11.5. The number of nitrogens with zero attached hydrogens (tertiary/aromatic N) is 3. The lowest BCUT2D eigenvalue weighted by molar-refractivity contribution is 0.121. The Morgan fingerprint density at radius 1 is 1.19 bits per heavy atom. The molecule has 1 aromatic carbocycles. The Bertz CT molecular complexity index is 606.